The van der Waals surface area contributed by atoms with Gasteiger partial charge >= 0.3 is 0 Å². The number of nitrogens with zero attached hydrogens (tertiary/aromatic N) is 2. The van der Waals surface area contributed by atoms with Crippen molar-refractivity contribution in [2.75, 3.05) is 5.32 Å². The Morgan fingerprint density at radius 3 is 2.64 bits per heavy atom. The molecule has 0 radical (unpaired) electrons. The summed E-state index contributed by atoms with van der Waals surface area (Å²) in [6.07, 6.45) is 2.10. The number of carbonyl (C=O) groups is 1. The highest BCUT2D eigenvalue weighted by atomic mass is 19.1. The minimum absolute atomic E-state index is 0.169. The molecule has 1 N–H and O–H groups in total. The predicted molar refractivity (Wildman–Crippen MR) is 123 cm³/mol. The van der Waals surface area contributed by atoms with E-state index in [0.717, 1.165) is 16.5 Å². The summed E-state index contributed by atoms with van der Waals surface area (Å²) >= 11 is 0. The van der Waals surface area contributed by atoms with E-state index in [1.54, 1.807) is 24.3 Å². The Bertz CT molecular complexity index is 1430. The number of aldehydes is 1. The van der Waals surface area contributed by atoms with Crippen molar-refractivity contribution in [1.82, 2.24) is 9.97 Å². The average Bonchev–Trinajstić information content (AvgIpc) is 3.34. The number of aromatic nitrogens is 2. The Kier molecular flexibility index (Phi) is 5.51. The van der Waals surface area contributed by atoms with Gasteiger partial charge in [-0.25, -0.2) is 14.4 Å². The third-order valence-corrected chi connectivity index (χ3v) is 5.09. The maximum absolute atomic E-state index is 14.7. The number of fused-ring (bicyclic) bond motifs is 1. The molecule has 2 aromatic heterocycles. The molecule has 0 spiro atoms. The fraction of sp³-hybridized carbons (Fsp3) is 0.0385. The number of ether oxygens (including phenoxy) is 1. The number of furan rings is 1. The van der Waals surface area contributed by atoms with Gasteiger partial charge in [0.25, 0.3) is 0 Å². The molecule has 7 heteroatoms. The molecule has 2 heterocycles. The molecule has 5 aromatic rings. The summed E-state index contributed by atoms with van der Waals surface area (Å²) in [7, 11) is 0. The summed E-state index contributed by atoms with van der Waals surface area (Å²) in [6.45, 7) is 0.280. The molecule has 0 aliphatic rings. The van der Waals surface area contributed by atoms with Gasteiger partial charge in [-0.1, -0.05) is 30.3 Å². The largest absolute Gasteiger partial charge is 0.486 e. The first-order valence-electron chi connectivity index (χ1n) is 10.2. The van der Waals surface area contributed by atoms with E-state index in [9.17, 15) is 9.18 Å². The first kappa shape index (κ1) is 20.4. The Balaban J connectivity index is 1.39. The SMILES string of the molecule is O=Cc1ccc(-c2ccc3ncnc(Nc4ccc(OCc5ccccc5)c(F)c4)c3c2)o1. The molecule has 3 aromatic carbocycles. The minimum Gasteiger partial charge on any atom is -0.486 e. The predicted octanol–water partition coefficient (Wildman–Crippen LogP) is 6.16. The zero-order valence-electron chi connectivity index (χ0n) is 17.4. The quantitative estimate of drug-likeness (QED) is 0.306. The summed E-state index contributed by atoms with van der Waals surface area (Å²) in [6, 6.07) is 23.1. The lowest BCUT2D eigenvalue weighted by Crippen LogP contribution is -1.99. The summed E-state index contributed by atoms with van der Waals surface area (Å²) in [5.41, 5.74) is 2.95. The molecule has 0 atom stereocenters. The van der Waals surface area contributed by atoms with Crippen molar-refractivity contribution < 1.29 is 18.3 Å². The van der Waals surface area contributed by atoms with E-state index >= 15 is 0 Å². The molecule has 162 valence electrons. The maximum Gasteiger partial charge on any atom is 0.185 e. The van der Waals surface area contributed by atoms with Crippen LogP contribution in [-0.4, -0.2) is 16.3 Å². The van der Waals surface area contributed by atoms with Crippen LogP contribution in [-0.2, 0) is 6.61 Å². The fourth-order valence-corrected chi connectivity index (χ4v) is 3.45. The molecule has 33 heavy (non-hydrogen) atoms. The number of nitrogens with one attached hydrogen (secondary N) is 1. The second-order valence-electron chi connectivity index (χ2n) is 7.32. The lowest BCUT2D eigenvalue weighted by atomic mass is 10.1. The summed E-state index contributed by atoms with van der Waals surface area (Å²) in [4.78, 5) is 19.5. The van der Waals surface area contributed by atoms with E-state index < -0.39 is 5.82 Å². The summed E-state index contributed by atoms with van der Waals surface area (Å²) in [5.74, 6) is 1.01. The lowest BCUT2D eigenvalue weighted by molar-refractivity contribution is 0.110. The molecule has 0 bridgehead atoms. The molecule has 0 saturated heterocycles. The van der Waals surface area contributed by atoms with Gasteiger partial charge in [-0.05, 0) is 48.0 Å². The van der Waals surface area contributed by atoms with E-state index in [-0.39, 0.29) is 18.1 Å². The van der Waals surface area contributed by atoms with Crippen LogP contribution in [0.15, 0.2) is 89.6 Å². The minimum atomic E-state index is -0.480. The van der Waals surface area contributed by atoms with Gasteiger partial charge in [0, 0.05) is 22.7 Å². The number of halogens is 1. The van der Waals surface area contributed by atoms with Crippen LogP contribution in [0.5, 0.6) is 5.75 Å². The van der Waals surface area contributed by atoms with Crippen LogP contribution < -0.4 is 10.1 Å². The smallest absolute Gasteiger partial charge is 0.185 e. The van der Waals surface area contributed by atoms with Crippen molar-refractivity contribution >= 4 is 28.7 Å². The molecule has 0 aliphatic carbocycles. The Morgan fingerprint density at radius 1 is 0.970 bits per heavy atom. The van der Waals surface area contributed by atoms with Crippen LogP contribution >= 0.6 is 0 Å². The zero-order valence-corrected chi connectivity index (χ0v) is 17.4. The molecule has 0 amide bonds. The van der Waals surface area contributed by atoms with Gasteiger partial charge in [0.15, 0.2) is 23.6 Å². The summed E-state index contributed by atoms with van der Waals surface area (Å²) < 4.78 is 25.8. The van der Waals surface area contributed by atoms with Gasteiger partial charge in [0.05, 0.1) is 5.52 Å². The van der Waals surface area contributed by atoms with E-state index in [0.29, 0.717) is 29.1 Å². The topological polar surface area (TPSA) is 77.2 Å². The Hall–Kier alpha value is -4.52. The van der Waals surface area contributed by atoms with Crippen molar-refractivity contribution in [3.63, 3.8) is 0 Å². The van der Waals surface area contributed by atoms with Crippen LogP contribution in [0.3, 0.4) is 0 Å². The van der Waals surface area contributed by atoms with Gasteiger partial charge in [-0.15, -0.1) is 0 Å². The van der Waals surface area contributed by atoms with Gasteiger partial charge in [-0.3, -0.25) is 4.79 Å². The highest BCUT2D eigenvalue weighted by Crippen LogP contribution is 2.30. The third kappa shape index (κ3) is 4.43. The molecule has 0 fully saturated rings. The highest BCUT2D eigenvalue weighted by molar-refractivity contribution is 5.93. The Morgan fingerprint density at radius 2 is 1.85 bits per heavy atom. The average molecular weight is 439 g/mol. The highest BCUT2D eigenvalue weighted by Gasteiger charge is 2.11. The summed E-state index contributed by atoms with van der Waals surface area (Å²) in [5, 5.41) is 3.88. The van der Waals surface area contributed by atoms with Crippen molar-refractivity contribution in [2.45, 2.75) is 6.61 Å². The van der Waals surface area contributed by atoms with Gasteiger partial charge < -0.3 is 14.5 Å². The van der Waals surface area contributed by atoms with E-state index in [1.807, 2.05) is 48.5 Å². The molecule has 0 saturated carbocycles. The number of benzene rings is 3. The van der Waals surface area contributed by atoms with Crippen molar-refractivity contribution in [3.05, 3.63) is 102 Å². The first-order valence-corrected chi connectivity index (χ1v) is 10.2. The van der Waals surface area contributed by atoms with Crippen molar-refractivity contribution in [2.24, 2.45) is 0 Å². The van der Waals surface area contributed by atoms with Gasteiger partial charge in [0.1, 0.15) is 24.5 Å². The third-order valence-electron chi connectivity index (χ3n) is 5.09. The molecular weight excluding hydrogens is 421 g/mol. The van der Waals surface area contributed by atoms with E-state index in [1.165, 1.54) is 12.4 Å². The fourth-order valence-electron chi connectivity index (χ4n) is 3.45. The van der Waals surface area contributed by atoms with Crippen LogP contribution in [0.4, 0.5) is 15.9 Å². The molecular formula is C26H18FN3O3. The van der Waals surface area contributed by atoms with Crippen LogP contribution in [0, 0.1) is 5.82 Å². The van der Waals surface area contributed by atoms with Crippen LogP contribution in [0.1, 0.15) is 16.1 Å². The Labute approximate surface area is 188 Å². The lowest BCUT2D eigenvalue weighted by Gasteiger charge is -2.11. The molecule has 6 nitrogen and oxygen atoms in total. The number of rotatable bonds is 7. The number of hydrogen-bond donors (Lipinski definition) is 1. The number of anilines is 2. The van der Waals surface area contributed by atoms with E-state index in [2.05, 4.69) is 15.3 Å². The molecule has 0 aliphatic heterocycles. The maximum atomic E-state index is 14.7. The van der Waals surface area contributed by atoms with E-state index in [4.69, 9.17) is 9.15 Å². The molecule has 0 unspecified atom stereocenters. The standard InChI is InChI=1S/C26H18FN3O3/c27-22-13-19(7-10-25(22)32-15-17-4-2-1-3-5-17)30-26-21-12-18(6-9-23(21)28-16-29-26)24-11-8-20(14-31)33-24/h1-14,16H,15H2,(H,28,29,30). The zero-order chi connectivity index (χ0) is 22.6. The molecule has 5 rings (SSSR count). The van der Waals surface area contributed by atoms with Crippen molar-refractivity contribution in [3.8, 4) is 17.1 Å². The van der Waals surface area contributed by atoms with Crippen molar-refractivity contribution in [1.29, 1.82) is 0 Å². The van der Waals surface area contributed by atoms with Crippen LogP contribution in [0.2, 0.25) is 0 Å². The monoisotopic (exact) mass is 439 g/mol. The normalized spacial score (nSPS) is 10.8. The number of hydrogen-bond acceptors (Lipinski definition) is 6. The second kappa shape index (κ2) is 8.92. The number of carbonyl (C=O) groups excluding carboxylic acids is 1. The van der Waals surface area contributed by atoms with Gasteiger partial charge in [-0.2, -0.15) is 0 Å². The van der Waals surface area contributed by atoms with Crippen LogP contribution in [0.25, 0.3) is 22.2 Å². The van der Waals surface area contributed by atoms with Gasteiger partial charge in [0.2, 0.25) is 0 Å². The second-order valence-corrected chi connectivity index (χ2v) is 7.32. The first-order chi connectivity index (χ1) is 16.2.